The van der Waals surface area contributed by atoms with Crippen molar-refractivity contribution in [1.82, 2.24) is 34.7 Å². The zero-order valence-corrected chi connectivity index (χ0v) is 17.2. The molecule has 9 nitrogen and oxygen atoms in total. The SMILES string of the molecule is O=C(Nc1cnc(-n2nccn2)c(Cl)c1)c1cnn(-c2cccc3ncccc23)c1Cl. The van der Waals surface area contributed by atoms with Crippen LogP contribution in [-0.2, 0) is 0 Å². The van der Waals surface area contributed by atoms with Crippen LogP contribution in [0.25, 0.3) is 22.4 Å². The molecule has 11 heteroatoms. The number of carbonyl (C=O) groups excluding carboxylic acids is 1. The van der Waals surface area contributed by atoms with Crippen LogP contribution in [0.3, 0.4) is 0 Å². The number of benzene rings is 1. The molecule has 0 saturated carbocycles. The normalized spacial score (nSPS) is 11.0. The van der Waals surface area contributed by atoms with Gasteiger partial charge in [-0.2, -0.15) is 15.3 Å². The summed E-state index contributed by atoms with van der Waals surface area (Å²) in [6.07, 6.45) is 7.60. The standard InChI is InChI=1S/C20H12Cl2N8O/c21-15-9-12(10-24-19(15)30-25-7-8-26-30)28-20(31)14-11-27-29(18(14)22)17-5-1-4-16-13(17)3-2-6-23-16/h1-11H,(H,28,31). The van der Waals surface area contributed by atoms with E-state index in [0.29, 0.717) is 11.5 Å². The van der Waals surface area contributed by atoms with Crippen LogP contribution in [0.2, 0.25) is 10.2 Å². The molecule has 0 fully saturated rings. The monoisotopic (exact) mass is 450 g/mol. The fourth-order valence-corrected chi connectivity index (χ4v) is 3.61. The summed E-state index contributed by atoms with van der Waals surface area (Å²) in [4.78, 5) is 22.6. The lowest BCUT2D eigenvalue weighted by Crippen LogP contribution is -2.13. The number of nitrogens with one attached hydrogen (secondary N) is 1. The Hall–Kier alpha value is -3.82. The number of fused-ring (bicyclic) bond motifs is 1. The maximum Gasteiger partial charge on any atom is 0.260 e. The highest BCUT2D eigenvalue weighted by Gasteiger charge is 2.19. The van der Waals surface area contributed by atoms with E-state index in [1.54, 1.807) is 12.3 Å². The Balaban J connectivity index is 1.44. The molecular formula is C20H12Cl2N8O. The minimum Gasteiger partial charge on any atom is -0.320 e. The van der Waals surface area contributed by atoms with Crippen molar-refractivity contribution >= 4 is 45.7 Å². The second-order valence-electron chi connectivity index (χ2n) is 6.41. The molecule has 4 heterocycles. The third kappa shape index (κ3) is 3.49. The number of pyridine rings is 2. The molecule has 0 aliphatic heterocycles. The Morgan fingerprint density at radius 2 is 1.77 bits per heavy atom. The highest BCUT2D eigenvalue weighted by molar-refractivity contribution is 6.34. The zero-order chi connectivity index (χ0) is 21.4. The number of anilines is 1. The van der Waals surface area contributed by atoms with Crippen LogP contribution >= 0.6 is 23.2 Å². The first-order valence-corrected chi connectivity index (χ1v) is 9.78. The summed E-state index contributed by atoms with van der Waals surface area (Å²) >= 11 is 12.8. The molecule has 0 radical (unpaired) electrons. The molecule has 1 aromatic carbocycles. The molecule has 31 heavy (non-hydrogen) atoms. The summed E-state index contributed by atoms with van der Waals surface area (Å²) < 4.78 is 1.50. The van der Waals surface area contributed by atoms with Crippen molar-refractivity contribution in [2.24, 2.45) is 0 Å². The van der Waals surface area contributed by atoms with Crippen LogP contribution in [-0.4, -0.2) is 40.6 Å². The molecule has 1 N–H and O–H groups in total. The first-order chi connectivity index (χ1) is 15.1. The van der Waals surface area contributed by atoms with Gasteiger partial charge in [0.2, 0.25) is 0 Å². The van der Waals surface area contributed by atoms with Crippen LogP contribution in [0.5, 0.6) is 0 Å². The second-order valence-corrected chi connectivity index (χ2v) is 7.18. The largest absolute Gasteiger partial charge is 0.320 e. The highest BCUT2D eigenvalue weighted by atomic mass is 35.5. The van der Waals surface area contributed by atoms with Gasteiger partial charge in [0, 0.05) is 11.6 Å². The Bertz CT molecular complexity index is 1410. The molecule has 0 atom stereocenters. The lowest BCUT2D eigenvalue weighted by atomic mass is 10.2. The average molecular weight is 451 g/mol. The van der Waals surface area contributed by atoms with Crippen LogP contribution in [0.1, 0.15) is 10.4 Å². The summed E-state index contributed by atoms with van der Waals surface area (Å²) in [6, 6.07) is 10.9. The van der Waals surface area contributed by atoms with E-state index in [1.807, 2.05) is 30.3 Å². The number of aromatic nitrogens is 7. The second kappa shape index (κ2) is 7.78. The van der Waals surface area contributed by atoms with Crippen LogP contribution < -0.4 is 5.32 Å². The number of nitrogens with zero attached hydrogens (tertiary/aromatic N) is 7. The van der Waals surface area contributed by atoms with Crippen molar-refractivity contribution in [3.8, 4) is 11.5 Å². The number of carbonyl (C=O) groups is 1. The molecule has 152 valence electrons. The fourth-order valence-electron chi connectivity index (χ4n) is 3.10. The molecule has 1 amide bonds. The van der Waals surface area contributed by atoms with Crippen molar-refractivity contribution < 1.29 is 4.79 Å². The van der Waals surface area contributed by atoms with Gasteiger partial charge in [-0.3, -0.25) is 9.78 Å². The summed E-state index contributed by atoms with van der Waals surface area (Å²) in [5.41, 5.74) is 2.11. The number of hydrogen-bond acceptors (Lipinski definition) is 6. The van der Waals surface area contributed by atoms with Gasteiger partial charge in [0.15, 0.2) is 5.82 Å². The average Bonchev–Trinajstić information content (AvgIpc) is 3.43. The van der Waals surface area contributed by atoms with Crippen molar-refractivity contribution in [2.45, 2.75) is 0 Å². The smallest absolute Gasteiger partial charge is 0.260 e. The van der Waals surface area contributed by atoms with Gasteiger partial charge in [0.05, 0.1) is 52.3 Å². The molecule has 0 unspecified atom stereocenters. The van der Waals surface area contributed by atoms with Crippen LogP contribution in [0, 0.1) is 0 Å². The number of hydrogen-bond donors (Lipinski definition) is 1. The highest BCUT2D eigenvalue weighted by Crippen LogP contribution is 2.27. The van der Waals surface area contributed by atoms with Gasteiger partial charge in [-0.15, -0.1) is 4.80 Å². The molecule has 0 bridgehead atoms. The summed E-state index contributed by atoms with van der Waals surface area (Å²) in [5, 5.41) is 16.3. The van der Waals surface area contributed by atoms with Crippen molar-refractivity contribution in [2.75, 3.05) is 5.32 Å². The van der Waals surface area contributed by atoms with Crippen molar-refractivity contribution in [3.05, 3.63) is 83.1 Å². The van der Waals surface area contributed by atoms with E-state index >= 15 is 0 Å². The van der Waals surface area contributed by atoms with E-state index in [-0.39, 0.29) is 15.7 Å². The van der Waals surface area contributed by atoms with Gasteiger partial charge in [-0.1, -0.05) is 29.3 Å². The van der Waals surface area contributed by atoms with Gasteiger partial charge >= 0.3 is 0 Å². The number of rotatable bonds is 4. The topological polar surface area (TPSA) is 103 Å². The molecule has 0 spiro atoms. The molecule has 0 aliphatic rings. The van der Waals surface area contributed by atoms with E-state index in [4.69, 9.17) is 23.2 Å². The molecular weight excluding hydrogens is 439 g/mol. The molecule has 5 aromatic rings. The van der Waals surface area contributed by atoms with Gasteiger partial charge < -0.3 is 5.32 Å². The van der Waals surface area contributed by atoms with Gasteiger partial charge in [-0.05, 0) is 30.3 Å². The third-order valence-corrected chi connectivity index (χ3v) is 5.14. The Morgan fingerprint density at radius 1 is 0.935 bits per heavy atom. The predicted octanol–water partition coefficient (Wildman–Crippen LogP) is 3.96. The predicted molar refractivity (Wildman–Crippen MR) is 116 cm³/mol. The quantitative estimate of drug-likeness (QED) is 0.444. The fraction of sp³-hybridized carbons (Fsp3) is 0. The summed E-state index contributed by atoms with van der Waals surface area (Å²) in [6.45, 7) is 0. The maximum absolute atomic E-state index is 12.8. The minimum absolute atomic E-state index is 0.172. The Labute approximate surface area is 185 Å². The third-order valence-electron chi connectivity index (χ3n) is 4.49. The van der Waals surface area contributed by atoms with Gasteiger partial charge in [0.25, 0.3) is 5.91 Å². The van der Waals surface area contributed by atoms with E-state index in [2.05, 4.69) is 30.6 Å². The molecule has 0 aliphatic carbocycles. The summed E-state index contributed by atoms with van der Waals surface area (Å²) in [5.74, 6) is -0.0995. The molecule has 5 rings (SSSR count). The lowest BCUT2D eigenvalue weighted by Gasteiger charge is -2.08. The van der Waals surface area contributed by atoms with Crippen LogP contribution in [0.15, 0.2) is 67.4 Å². The van der Waals surface area contributed by atoms with Crippen molar-refractivity contribution in [1.29, 1.82) is 0 Å². The van der Waals surface area contributed by atoms with Crippen LogP contribution in [0.4, 0.5) is 5.69 Å². The van der Waals surface area contributed by atoms with E-state index in [0.717, 1.165) is 16.6 Å². The van der Waals surface area contributed by atoms with E-state index in [1.165, 1.54) is 34.3 Å². The minimum atomic E-state index is -0.447. The molecule has 4 aromatic heterocycles. The van der Waals surface area contributed by atoms with Gasteiger partial charge in [-0.25, -0.2) is 9.67 Å². The van der Waals surface area contributed by atoms with Gasteiger partial charge in [0.1, 0.15) is 5.15 Å². The number of halogens is 2. The first-order valence-electron chi connectivity index (χ1n) is 9.03. The Morgan fingerprint density at radius 3 is 2.58 bits per heavy atom. The van der Waals surface area contributed by atoms with E-state index in [9.17, 15) is 4.79 Å². The Kier molecular flexibility index (Phi) is 4.81. The molecule has 0 saturated heterocycles. The number of amides is 1. The van der Waals surface area contributed by atoms with E-state index < -0.39 is 5.91 Å². The summed E-state index contributed by atoms with van der Waals surface area (Å²) in [7, 11) is 0. The lowest BCUT2D eigenvalue weighted by molar-refractivity contribution is 0.102. The zero-order valence-electron chi connectivity index (χ0n) is 15.6. The first kappa shape index (κ1) is 19.2. The maximum atomic E-state index is 12.8. The van der Waals surface area contributed by atoms with Crippen molar-refractivity contribution in [3.63, 3.8) is 0 Å².